The molecule has 2 saturated carbocycles. The summed E-state index contributed by atoms with van der Waals surface area (Å²) in [4.78, 5) is 43.4. The summed E-state index contributed by atoms with van der Waals surface area (Å²) in [5.41, 5.74) is 5.58. The smallest absolute Gasteiger partial charge is 0.323 e. The molecule has 1 N–H and O–H groups in total. The van der Waals surface area contributed by atoms with E-state index in [-0.39, 0.29) is 58.8 Å². The van der Waals surface area contributed by atoms with Crippen molar-refractivity contribution in [1.82, 2.24) is 9.88 Å². The fourth-order valence-corrected chi connectivity index (χ4v) is 11.9. The number of carbonyl (C=O) groups is 3. The Hall–Kier alpha value is -3.04. The van der Waals surface area contributed by atoms with E-state index in [0.29, 0.717) is 24.2 Å². The van der Waals surface area contributed by atoms with Gasteiger partial charge in [0.05, 0.1) is 6.42 Å². The van der Waals surface area contributed by atoms with E-state index in [9.17, 15) is 19.5 Å². The molecule has 4 aliphatic rings. The number of aromatic nitrogens is 1. The summed E-state index contributed by atoms with van der Waals surface area (Å²) in [6, 6.07) is 13.7. The van der Waals surface area contributed by atoms with Crippen LogP contribution in [0.4, 0.5) is 0 Å². The molecule has 1 aromatic heterocycles. The average molecular weight is 717 g/mol. The van der Waals surface area contributed by atoms with Gasteiger partial charge in [-0.05, 0) is 89.9 Å². The van der Waals surface area contributed by atoms with E-state index in [0.717, 1.165) is 37.7 Å². The zero-order valence-corrected chi connectivity index (χ0v) is 31.5. The number of aliphatic carboxylic acids is 1. The molecule has 0 saturated heterocycles. The molecule has 2 aromatic rings. The molecule has 0 aliphatic heterocycles. The van der Waals surface area contributed by atoms with Gasteiger partial charge in [-0.2, -0.15) is 0 Å². The first-order chi connectivity index (χ1) is 24.0. The standard InChI is InChI=1S/C41H52N2O5S2/c1-27(21-37(44)43(26-38(45)46)25-29-9-6-5-7-10-29)49-50-28(2)22-39(47)48-32-16-18-40(3)31(23-32)12-13-33-35-15-14-34(30-11-8-20-42-24-30)41(35,4)19-17-36(33)40/h5-12,14,20,24,27-28,32-33,35-36H,13,15-19,21-23,25-26H2,1-4H3,(H,45,46)/t27-,28+,32+,33+,35+,36+,40+,41-/m1/s1. The SMILES string of the molecule is C[C@H](CC(=O)N(CC(=O)O)Cc1ccccc1)SS[C@@H](C)CC(=O)O[C@H]1CC[C@@]2(C)C(=CC[C@@H]3[C@@H]2CC[C@]2(C)C(c4cccnc4)=CC[C@@H]32)C1. The maximum absolute atomic E-state index is 13.1. The number of ether oxygens (including phenoxy) is 1. The zero-order valence-electron chi connectivity index (χ0n) is 29.9. The molecule has 4 aliphatic carbocycles. The Morgan fingerprint density at radius 1 is 0.940 bits per heavy atom. The highest BCUT2D eigenvalue weighted by atomic mass is 33.1. The Morgan fingerprint density at radius 3 is 2.40 bits per heavy atom. The van der Waals surface area contributed by atoms with Crippen LogP contribution in [0.25, 0.3) is 5.57 Å². The van der Waals surface area contributed by atoms with Gasteiger partial charge in [0, 0.05) is 42.3 Å². The van der Waals surface area contributed by atoms with Gasteiger partial charge in [-0.3, -0.25) is 19.4 Å². The number of amides is 1. The largest absolute Gasteiger partial charge is 0.480 e. The van der Waals surface area contributed by atoms with Crippen LogP contribution in [0.15, 0.2) is 72.6 Å². The molecule has 7 nitrogen and oxygen atoms in total. The molecule has 0 radical (unpaired) electrons. The van der Waals surface area contributed by atoms with Crippen molar-refractivity contribution in [2.75, 3.05) is 6.54 Å². The van der Waals surface area contributed by atoms with Crippen LogP contribution in [-0.2, 0) is 25.7 Å². The Kier molecular flexibility index (Phi) is 11.5. The van der Waals surface area contributed by atoms with Crippen molar-refractivity contribution in [3.63, 3.8) is 0 Å². The second kappa shape index (κ2) is 15.7. The summed E-state index contributed by atoms with van der Waals surface area (Å²) >= 11 is 0. The molecule has 268 valence electrons. The highest BCUT2D eigenvalue weighted by molar-refractivity contribution is 8.77. The molecular formula is C41H52N2O5S2. The number of fused-ring (bicyclic) bond motifs is 5. The summed E-state index contributed by atoms with van der Waals surface area (Å²) in [6.45, 7) is 8.92. The van der Waals surface area contributed by atoms with E-state index in [1.165, 1.54) is 34.5 Å². The van der Waals surface area contributed by atoms with Crippen molar-refractivity contribution >= 4 is 45.0 Å². The van der Waals surface area contributed by atoms with Gasteiger partial charge in [-0.1, -0.05) is 103 Å². The van der Waals surface area contributed by atoms with Crippen molar-refractivity contribution in [2.45, 2.75) is 109 Å². The fraction of sp³-hybridized carbons (Fsp3) is 0.561. The van der Waals surface area contributed by atoms with Gasteiger partial charge in [0.1, 0.15) is 12.6 Å². The summed E-state index contributed by atoms with van der Waals surface area (Å²) < 4.78 is 6.10. The zero-order chi connectivity index (χ0) is 35.5. The Balaban J connectivity index is 0.965. The first-order valence-electron chi connectivity index (χ1n) is 18.3. The molecule has 0 unspecified atom stereocenters. The maximum Gasteiger partial charge on any atom is 0.323 e. The van der Waals surface area contributed by atoms with E-state index in [1.807, 2.05) is 56.6 Å². The minimum absolute atomic E-state index is 0.0288. The molecule has 9 heteroatoms. The highest BCUT2D eigenvalue weighted by Gasteiger charge is 2.57. The van der Waals surface area contributed by atoms with E-state index in [2.05, 4.69) is 43.1 Å². The number of hydrogen-bond acceptors (Lipinski definition) is 7. The van der Waals surface area contributed by atoms with E-state index >= 15 is 0 Å². The monoisotopic (exact) mass is 716 g/mol. The van der Waals surface area contributed by atoms with Gasteiger partial charge in [0.25, 0.3) is 0 Å². The van der Waals surface area contributed by atoms with Gasteiger partial charge >= 0.3 is 11.9 Å². The van der Waals surface area contributed by atoms with Crippen LogP contribution in [0.1, 0.15) is 96.6 Å². The summed E-state index contributed by atoms with van der Waals surface area (Å²) in [5.74, 6) is 0.660. The van der Waals surface area contributed by atoms with E-state index < -0.39 is 5.97 Å². The number of pyridine rings is 1. The van der Waals surface area contributed by atoms with E-state index in [1.54, 1.807) is 21.6 Å². The molecule has 6 rings (SSSR count). The Labute approximate surface area is 305 Å². The lowest BCUT2D eigenvalue weighted by Gasteiger charge is -2.57. The fourth-order valence-electron chi connectivity index (χ4n) is 9.57. The minimum atomic E-state index is -1.03. The molecule has 1 aromatic carbocycles. The third-order valence-corrected chi connectivity index (χ3v) is 15.5. The minimum Gasteiger partial charge on any atom is -0.480 e. The Bertz CT molecular complexity index is 1600. The summed E-state index contributed by atoms with van der Waals surface area (Å²) in [6.07, 6.45) is 17.0. The number of rotatable bonds is 13. The topological polar surface area (TPSA) is 96.8 Å². The van der Waals surface area contributed by atoms with Crippen molar-refractivity contribution < 1.29 is 24.2 Å². The predicted molar refractivity (Wildman–Crippen MR) is 202 cm³/mol. The van der Waals surface area contributed by atoms with Crippen molar-refractivity contribution in [3.8, 4) is 0 Å². The van der Waals surface area contributed by atoms with Gasteiger partial charge in [0.2, 0.25) is 5.91 Å². The van der Waals surface area contributed by atoms with Crippen LogP contribution >= 0.6 is 21.6 Å². The average Bonchev–Trinajstić information content (AvgIpc) is 3.45. The quantitative estimate of drug-likeness (QED) is 0.125. The van der Waals surface area contributed by atoms with Crippen LogP contribution in [0, 0.1) is 28.6 Å². The lowest BCUT2D eigenvalue weighted by Crippen LogP contribution is -2.50. The van der Waals surface area contributed by atoms with Gasteiger partial charge < -0.3 is 14.7 Å². The van der Waals surface area contributed by atoms with E-state index in [4.69, 9.17) is 4.74 Å². The highest BCUT2D eigenvalue weighted by Crippen LogP contribution is 2.66. The lowest BCUT2D eigenvalue weighted by atomic mass is 9.47. The van der Waals surface area contributed by atoms with Crippen molar-refractivity contribution in [2.24, 2.45) is 28.6 Å². The third kappa shape index (κ3) is 8.04. The number of esters is 1. The van der Waals surface area contributed by atoms with Crippen LogP contribution in [0.3, 0.4) is 0 Å². The van der Waals surface area contributed by atoms with Gasteiger partial charge in [-0.15, -0.1) is 0 Å². The molecule has 0 bridgehead atoms. The Morgan fingerprint density at radius 2 is 1.68 bits per heavy atom. The van der Waals surface area contributed by atoms with Crippen LogP contribution in [0.2, 0.25) is 0 Å². The van der Waals surface area contributed by atoms with Crippen molar-refractivity contribution in [1.29, 1.82) is 0 Å². The molecule has 1 amide bonds. The molecule has 0 spiro atoms. The normalized spacial score (nSPS) is 29.7. The molecular weight excluding hydrogens is 665 g/mol. The summed E-state index contributed by atoms with van der Waals surface area (Å²) in [7, 11) is 3.16. The number of carbonyl (C=O) groups excluding carboxylic acids is 2. The number of allylic oxidation sites excluding steroid dienone is 3. The van der Waals surface area contributed by atoms with Gasteiger partial charge in [0.15, 0.2) is 0 Å². The van der Waals surface area contributed by atoms with Crippen LogP contribution in [0.5, 0.6) is 0 Å². The molecule has 1 heterocycles. The number of hydrogen-bond donors (Lipinski definition) is 1. The predicted octanol–water partition coefficient (Wildman–Crippen LogP) is 9.00. The third-order valence-electron chi connectivity index (χ3n) is 12.1. The second-order valence-electron chi connectivity index (χ2n) is 15.5. The van der Waals surface area contributed by atoms with Crippen LogP contribution in [-0.4, -0.2) is 56.0 Å². The number of carboxylic acids is 1. The summed E-state index contributed by atoms with van der Waals surface area (Å²) in [5, 5.41) is 9.36. The number of benzene rings is 1. The molecule has 2 fully saturated rings. The number of nitrogens with zero attached hydrogens (tertiary/aromatic N) is 2. The van der Waals surface area contributed by atoms with Crippen LogP contribution < -0.4 is 0 Å². The number of carboxylic acid groups (broad SMARTS) is 1. The van der Waals surface area contributed by atoms with Crippen molar-refractivity contribution in [3.05, 3.63) is 83.7 Å². The van der Waals surface area contributed by atoms with Gasteiger partial charge in [-0.25, -0.2) is 0 Å². The molecule has 8 atom stereocenters. The first kappa shape index (κ1) is 36.7. The lowest BCUT2D eigenvalue weighted by molar-refractivity contribution is -0.151. The second-order valence-corrected chi connectivity index (χ2v) is 18.7. The maximum atomic E-state index is 13.1. The molecule has 50 heavy (non-hydrogen) atoms. The first-order valence-corrected chi connectivity index (χ1v) is 20.6.